The summed E-state index contributed by atoms with van der Waals surface area (Å²) in [5.41, 5.74) is 1.41. The minimum Gasteiger partial charge on any atom is -0.450 e. The Hall–Kier alpha value is -2.11. The lowest BCUT2D eigenvalue weighted by Gasteiger charge is -2.06. The molecule has 1 N–H and O–H groups in total. The Morgan fingerprint density at radius 2 is 2.25 bits per heavy atom. The Kier molecular flexibility index (Phi) is 2.47. The minimum absolute atomic E-state index is 0.0361. The van der Waals surface area contributed by atoms with Crippen LogP contribution in [0.3, 0.4) is 0 Å². The van der Waals surface area contributed by atoms with Gasteiger partial charge in [0.15, 0.2) is 0 Å². The zero-order chi connectivity index (χ0) is 11.7. The first-order valence-electron chi connectivity index (χ1n) is 4.72. The van der Waals surface area contributed by atoms with Gasteiger partial charge >= 0.3 is 6.16 Å². The summed E-state index contributed by atoms with van der Waals surface area (Å²) in [6.45, 7) is 0. The first-order chi connectivity index (χ1) is 7.58. The van der Waals surface area contributed by atoms with Gasteiger partial charge in [-0.2, -0.15) is 0 Å². The number of benzene rings is 1. The lowest BCUT2D eigenvalue weighted by atomic mass is 10.1. The maximum Gasteiger partial charge on any atom is 0.506 e. The molecular weight excluding hydrogens is 214 g/mol. The molecule has 2 rings (SSSR count). The van der Waals surface area contributed by atoms with E-state index in [-0.39, 0.29) is 12.1 Å². The molecule has 0 aliphatic heterocycles. The van der Waals surface area contributed by atoms with Gasteiger partial charge in [0, 0.05) is 24.5 Å². The van der Waals surface area contributed by atoms with Crippen molar-refractivity contribution in [2.24, 2.45) is 0 Å². The molecule has 1 aromatic carbocycles. The molecule has 16 heavy (non-hydrogen) atoms. The van der Waals surface area contributed by atoms with Crippen LogP contribution in [0.1, 0.15) is 11.1 Å². The number of fused-ring (bicyclic) bond motifs is 1. The molecule has 0 saturated heterocycles. The summed E-state index contributed by atoms with van der Waals surface area (Å²) in [5.74, 6) is 0. The van der Waals surface area contributed by atoms with Crippen LogP contribution in [0.4, 0.5) is 10.5 Å². The summed E-state index contributed by atoms with van der Waals surface area (Å²) < 4.78 is 4.62. The molecule has 0 heterocycles. The second-order valence-electron chi connectivity index (χ2n) is 3.59. The number of hydrogen-bond acceptors (Lipinski definition) is 4. The van der Waals surface area contributed by atoms with Crippen LogP contribution in [0.2, 0.25) is 0 Å². The Morgan fingerprint density at radius 1 is 1.50 bits per heavy atom. The number of nitro groups is 1. The van der Waals surface area contributed by atoms with Gasteiger partial charge in [0.05, 0.1) is 4.92 Å². The van der Waals surface area contributed by atoms with Crippen molar-refractivity contribution in [3.05, 3.63) is 39.4 Å². The number of ether oxygens (including phenoxy) is 1. The Morgan fingerprint density at radius 3 is 2.88 bits per heavy atom. The van der Waals surface area contributed by atoms with Crippen molar-refractivity contribution in [1.29, 1.82) is 0 Å². The van der Waals surface area contributed by atoms with Crippen molar-refractivity contribution in [2.45, 2.75) is 18.9 Å². The number of nitro benzene ring substituents is 1. The van der Waals surface area contributed by atoms with Crippen LogP contribution in [-0.4, -0.2) is 22.3 Å². The van der Waals surface area contributed by atoms with Crippen LogP contribution in [0, 0.1) is 10.1 Å². The molecule has 1 aliphatic rings. The predicted octanol–water partition coefficient (Wildman–Crippen LogP) is 1.76. The number of nitrogens with zero attached hydrogens (tertiary/aromatic N) is 1. The molecule has 1 atom stereocenters. The third-order valence-electron chi connectivity index (χ3n) is 2.59. The first-order valence-corrected chi connectivity index (χ1v) is 4.72. The van der Waals surface area contributed by atoms with Gasteiger partial charge in [-0.1, -0.05) is 12.1 Å². The van der Waals surface area contributed by atoms with Crippen LogP contribution >= 0.6 is 0 Å². The van der Waals surface area contributed by atoms with Gasteiger partial charge in [-0.3, -0.25) is 10.1 Å². The Bertz CT molecular complexity index is 457. The van der Waals surface area contributed by atoms with Gasteiger partial charge in [0.2, 0.25) is 0 Å². The maximum absolute atomic E-state index is 10.7. The van der Waals surface area contributed by atoms with E-state index in [9.17, 15) is 14.9 Å². The summed E-state index contributed by atoms with van der Waals surface area (Å²) >= 11 is 0. The SMILES string of the molecule is O=C(O)OC1Cc2cccc([N+](=O)[O-])c2C1. The number of hydrogen-bond donors (Lipinski definition) is 1. The second kappa shape index (κ2) is 3.80. The highest BCUT2D eigenvalue weighted by molar-refractivity contribution is 5.58. The van der Waals surface area contributed by atoms with Crippen LogP contribution in [0.5, 0.6) is 0 Å². The molecule has 6 heteroatoms. The molecule has 0 fully saturated rings. The third-order valence-corrected chi connectivity index (χ3v) is 2.59. The molecule has 0 aromatic heterocycles. The molecule has 6 nitrogen and oxygen atoms in total. The van der Waals surface area contributed by atoms with Crippen LogP contribution in [0.25, 0.3) is 0 Å². The molecule has 0 saturated carbocycles. The summed E-state index contributed by atoms with van der Waals surface area (Å²) in [7, 11) is 0. The molecule has 0 amide bonds. The fourth-order valence-electron chi connectivity index (χ4n) is 1.99. The van der Waals surface area contributed by atoms with E-state index in [4.69, 9.17) is 5.11 Å². The van der Waals surface area contributed by atoms with E-state index in [1.807, 2.05) is 0 Å². The summed E-state index contributed by atoms with van der Waals surface area (Å²) in [6.07, 6.45) is -1.17. The molecule has 1 aromatic rings. The molecule has 0 bridgehead atoms. The molecule has 1 unspecified atom stereocenters. The zero-order valence-corrected chi connectivity index (χ0v) is 8.25. The molecule has 84 valence electrons. The summed E-state index contributed by atoms with van der Waals surface area (Å²) in [5, 5.41) is 19.2. The van der Waals surface area contributed by atoms with Gasteiger partial charge in [0.1, 0.15) is 6.10 Å². The van der Waals surface area contributed by atoms with E-state index < -0.39 is 17.2 Å². The first kappa shape index (κ1) is 10.4. The van der Waals surface area contributed by atoms with E-state index in [0.717, 1.165) is 5.56 Å². The molecule has 0 spiro atoms. The minimum atomic E-state index is -1.35. The molecule has 0 radical (unpaired) electrons. The normalized spacial score (nSPS) is 17.9. The average molecular weight is 223 g/mol. The highest BCUT2D eigenvalue weighted by Gasteiger charge is 2.30. The predicted molar refractivity (Wildman–Crippen MR) is 53.4 cm³/mol. The lowest BCUT2D eigenvalue weighted by molar-refractivity contribution is -0.385. The van der Waals surface area contributed by atoms with Crippen molar-refractivity contribution in [3.63, 3.8) is 0 Å². The Labute approximate surface area is 90.6 Å². The largest absolute Gasteiger partial charge is 0.506 e. The molecule has 1 aliphatic carbocycles. The van der Waals surface area contributed by atoms with Crippen LogP contribution in [-0.2, 0) is 17.6 Å². The van der Waals surface area contributed by atoms with Gasteiger partial charge < -0.3 is 9.84 Å². The summed E-state index contributed by atoms with van der Waals surface area (Å²) in [6, 6.07) is 4.77. The van der Waals surface area contributed by atoms with Crippen LogP contribution in [0.15, 0.2) is 18.2 Å². The standard InChI is InChI=1S/C10H9NO5/c12-10(13)16-7-4-6-2-1-3-9(11(14)15)8(6)5-7/h1-3,7H,4-5H2,(H,12,13). The Balaban J connectivity index is 2.26. The van der Waals surface area contributed by atoms with Crippen molar-refractivity contribution in [1.82, 2.24) is 0 Å². The van der Waals surface area contributed by atoms with E-state index in [1.54, 1.807) is 12.1 Å². The van der Waals surface area contributed by atoms with Crippen molar-refractivity contribution < 1.29 is 19.6 Å². The monoisotopic (exact) mass is 223 g/mol. The van der Waals surface area contributed by atoms with E-state index >= 15 is 0 Å². The van der Waals surface area contributed by atoms with Gasteiger partial charge in [-0.15, -0.1) is 0 Å². The number of carboxylic acid groups (broad SMARTS) is 1. The van der Waals surface area contributed by atoms with E-state index in [1.165, 1.54) is 6.07 Å². The fourth-order valence-corrected chi connectivity index (χ4v) is 1.99. The highest BCUT2D eigenvalue weighted by Crippen LogP contribution is 2.31. The fraction of sp³-hybridized carbons (Fsp3) is 0.300. The van der Waals surface area contributed by atoms with Gasteiger partial charge in [-0.05, 0) is 5.56 Å². The van der Waals surface area contributed by atoms with Crippen LogP contribution < -0.4 is 0 Å². The lowest BCUT2D eigenvalue weighted by Crippen LogP contribution is -2.16. The smallest absolute Gasteiger partial charge is 0.450 e. The van der Waals surface area contributed by atoms with Crippen molar-refractivity contribution in [3.8, 4) is 0 Å². The number of carbonyl (C=O) groups is 1. The second-order valence-corrected chi connectivity index (χ2v) is 3.59. The van der Waals surface area contributed by atoms with Crippen molar-refractivity contribution in [2.75, 3.05) is 0 Å². The van der Waals surface area contributed by atoms with Gasteiger partial charge in [0.25, 0.3) is 5.69 Å². The molecular formula is C10H9NO5. The highest BCUT2D eigenvalue weighted by atomic mass is 16.7. The average Bonchev–Trinajstić information content (AvgIpc) is 2.57. The maximum atomic E-state index is 10.7. The van der Waals surface area contributed by atoms with E-state index in [0.29, 0.717) is 12.0 Å². The van der Waals surface area contributed by atoms with Gasteiger partial charge in [-0.25, -0.2) is 4.79 Å². The topological polar surface area (TPSA) is 89.7 Å². The summed E-state index contributed by atoms with van der Waals surface area (Å²) in [4.78, 5) is 20.7. The zero-order valence-electron chi connectivity index (χ0n) is 8.25. The van der Waals surface area contributed by atoms with E-state index in [2.05, 4.69) is 4.74 Å². The number of rotatable bonds is 2. The van der Waals surface area contributed by atoms with Crippen molar-refractivity contribution >= 4 is 11.8 Å². The quantitative estimate of drug-likeness (QED) is 0.468. The third kappa shape index (κ3) is 1.81.